The zero-order valence-electron chi connectivity index (χ0n) is 20.4. The maximum Gasteiger partial charge on any atom is 0.319 e. The van der Waals surface area contributed by atoms with Crippen molar-refractivity contribution in [3.8, 4) is 11.5 Å². The smallest absolute Gasteiger partial charge is 0.319 e. The molecule has 1 aliphatic heterocycles. The van der Waals surface area contributed by atoms with E-state index in [4.69, 9.17) is 9.47 Å². The van der Waals surface area contributed by atoms with Gasteiger partial charge in [0.2, 0.25) is 0 Å². The Balaban J connectivity index is 1.21. The van der Waals surface area contributed by atoms with Gasteiger partial charge in [-0.3, -0.25) is 0 Å². The molecule has 1 saturated carbocycles. The Morgan fingerprint density at radius 3 is 2.46 bits per heavy atom. The molecule has 2 N–H and O–H groups in total. The second-order valence-corrected chi connectivity index (χ2v) is 9.41. The first-order chi connectivity index (χ1) is 17.1. The number of urea groups is 1. The fourth-order valence-corrected chi connectivity index (χ4v) is 5.32. The van der Waals surface area contributed by atoms with Crippen molar-refractivity contribution in [1.29, 1.82) is 0 Å². The number of methoxy groups -OCH3 is 2. The fraction of sp³-hybridized carbons (Fsp3) is 0.444. The van der Waals surface area contributed by atoms with E-state index in [1.807, 2.05) is 24.3 Å². The number of rotatable bonds is 6. The number of carbonyl (C=O) groups excluding carboxylic acids is 1. The molecule has 2 fully saturated rings. The lowest BCUT2D eigenvalue weighted by Gasteiger charge is -2.22. The molecule has 0 radical (unpaired) electrons. The summed E-state index contributed by atoms with van der Waals surface area (Å²) in [4.78, 5) is 23.8. The third-order valence-electron chi connectivity index (χ3n) is 7.19. The molecular formula is C27H33N5O3. The number of anilines is 2. The minimum atomic E-state index is -0.179. The second-order valence-electron chi connectivity index (χ2n) is 9.41. The first-order valence-electron chi connectivity index (χ1n) is 12.4. The quantitative estimate of drug-likeness (QED) is 0.516. The van der Waals surface area contributed by atoms with E-state index in [1.54, 1.807) is 20.5 Å². The van der Waals surface area contributed by atoms with Crippen molar-refractivity contribution in [3.05, 3.63) is 48.3 Å². The van der Waals surface area contributed by atoms with Crippen molar-refractivity contribution in [2.24, 2.45) is 0 Å². The highest BCUT2D eigenvalue weighted by molar-refractivity contribution is 5.92. The van der Waals surface area contributed by atoms with Gasteiger partial charge in [0, 0.05) is 36.3 Å². The average molecular weight is 476 g/mol. The number of benzene rings is 2. The van der Waals surface area contributed by atoms with Crippen LogP contribution < -0.4 is 25.0 Å². The molecule has 2 amide bonds. The van der Waals surface area contributed by atoms with Crippen molar-refractivity contribution >= 4 is 28.4 Å². The molecule has 1 saturated heterocycles. The molecule has 1 aromatic heterocycles. The molecule has 5 rings (SSSR count). The minimum absolute atomic E-state index is 0.0293. The molecule has 2 aliphatic rings. The molecule has 8 nitrogen and oxygen atoms in total. The maximum absolute atomic E-state index is 12.7. The Bertz CT molecular complexity index is 1180. The zero-order chi connectivity index (χ0) is 24.2. The monoisotopic (exact) mass is 475 g/mol. The summed E-state index contributed by atoms with van der Waals surface area (Å²) >= 11 is 0. The summed E-state index contributed by atoms with van der Waals surface area (Å²) in [5, 5.41) is 7.00. The molecule has 1 aliphatic carbocycles. The van der Waals surface area contributed by atoms with E-state index in [9.17, 15) is 4.79 Å². The summed E-state index contributed by atoms with van der Waals surface area (Å²) in [7, 11) is 3.23. The van der Waals surface area contributed by atoms with Crippen LogP contribution in [0.1, 0.15) is 50.0 Å². The van der Waals surface area contributed by atoms with E-state index < -0.39 is 0 Å². The number of ether oxygens (including phenoxy) is 2. The number of nitrogens with one attached hydrogen (secondary N) is 2. The molecule has 0 bridgehead atoms. The molecule has 1 unspecified atom stereocenters. The molecule has 2 aromatic carbocycles. The highest BCUT2D eigenvalue weighted by atomic mass is 16.5. The van der Waals surface area contributed by atoms with Crippen LogP contribution in [0.15, 0.2) is 42.7 Å². The fourth-order valence-electron chi connectivity index (χ4n) is 5.32. The highest BCUT2D eigenvalue weighted by Gasteiger charge is 2.27. The van der Waals surface area contributed by atoms with Gasteiger partial charge in [-0.1, -0.05) is 31.4 Å². The highest BCUT2D eigenvalue weighted by Crippen LogP contribution is 2.36. The van der Waals surface area contributed by atoms with Gasteiger partial charge in [-0.25, -0.2) is 14.8 Å². The lowest BCUT2D eigenvalue weighted by Crippen LogP contribution is -2.39. The van der Waals surface area contributed by atoms with Gasteiger partial charge < -0.3 is 25.0 Å². The van der Waals surface area contributed by atoms with Crippen molar-refractivity contribution in [3.63, 3.8) is 0 Å². The maximum atomic E-state index is 12.7. The minimum Gasteiger partial charge on any atom is -0.493 e. The van der Waals surface area contributed by atoms with Crippen molar-refractivity contribution < 1.29 is 14.3 Å². The Labute approximate surface area is 206 Å². The van der Waals surface area contributed by atoms with Crippen LogP contribution in [0.25, 0.3) is 10.9 Å². The largest absolute Gasteiger partial charge is 0.493 e. The molecule has 3 aromatic rings. The van der Waals surface area contributed by atoms with Gasteiger partial charge in [0.15, 0.2) is 11.5 Å². The Morgan fingerprint density at radius 1 is 0.971 bits per heavy atom. The average Bonchev–Trinajstić information content (AvgIpc) is 3.36. The van der Waals surface area contributed by atoms with Gasteiger partial charge in [-0.2, -0.15) is 0 Å². The lowest BCUT2D eigenvalue weighted by molar-refractivity contribution is 0.249. The van der Waals surface area contributed by atoms with Crippen LogP contribution in [0.4, 0.5) is 16.3 Å². The summed E-state index contributed by atoms with van der Waals surface area (Å²) in [5.41, 5.74) is 2.99. The summed E-state index contributed by atoms with van der Waals surface area (Å²) in [6.45, 7) is 1.47. The molecule has 0 spiro atoms. The number of hydrogen-bond acceptors (Lipinski definition) is 6. The Morgan fingerprint density at radius 2 is 1.71 bits per heavy atom. The van der Waals surface area contributed by atoms with E-state index in [1.165, 1.54) is 37.7 Å². The molecule has 184 valence electrons. The predicted molar refractivity (Wildman–Crippen MR) is 138 cm³/mol. The van der Waals surface area contributed by atoms with E-state index >= 15 is 0 Å². The zero-order valence-corrected chi connectivity index (χ0v) is 20.4. The Kier molecular flexibility index (Phi) is 6.88. The van der Waals surface area contributed by atoms with E-state index in [0.717, 1.165) is 35.4 Å². The van der Waals surface area contributed by atoms with Gasteiger partial charge in [-0.15, -0.1) is 0 Å². The first kappa shape index (κ1) is 23.2. The van der Waals surface area contributed by atoms with Gasteiger partial charge >= 0.3 is 6.03 Å². The van der Waals surface area contributed by atoms with Gasteiger partial charge in [-0.05, 0) is 48.9 Å². The van der Waals surface area contributed by atoms with Crippen LogP contribution >= 0.6 is 0 Å². The number of carbonyl (C=O) groups is 1. The van der Waals surface area contributed by atoms with Crippen LogP contribution in [0.5, 0.6) is 11.5 Å². The SMILES string of the molecule is COc1cc2ncnc(N3CCC(NC(=O)Nc4ccc(C5CCCCC5)cc4)C3)c2cc1OC. The predicted octanol–water partition coefficient (Wildman–Crippen LogP) is 5.10. The van der Waals surface area contributed by atoms with E-state index in [-0.39, 0.29) is 12.1 Å². The van der Waals surface area contributed by atoms with Crippen molar-refractivity contribution in [2.45, 2.75) is 50.5 Å². The molecule has 2 heterocycles. The summed E-state index contributed by atoms with van der Waals surface area (Å²) in [6.07, 6.45) is 8.93. The van der Waals surface area contributed by atoms with Gasteiger partial charge in [0.05, 0.1) is 19.7 Å². The summed E-state index contributed by atoms with van der Waals surface area (Å²) in [6, 6.07) is 12.0. The third kappa shape index (κ3) is 5.11. The van der Waals surface area contributed by atoms with Crippen LogP contribution in [-0.2, 0) is 0 Å². The van der Waals surface area contributed by atoms with Crippen LogP contribution in [0, 0.1) is 0 Å². The van der Waals surface area contributed by atoms with Crippen LogP contribution in [-0.4, -0.2) is 49.4 Å². The molecular weight excluding hydrogens is 442 g/mol. The first-order valence-corrected chi connectivity index (χ1v) is 12.4. The number of amides is 2. The van der Waals surface area contributed by atoms with Gasteiger partial charge in [0.25, 0.3) is 0 Å². The van der Waals surface area contributed by atoms with Crippen LogP contribution in [0.3, 0.4) is 0 Å². The Hall–Kier alpha value is -3.55. The van der Waals surface area contributed by atoms with E-state index in [2.05, 4.69) is 37.6 Å². The molecule has 1 atom stereocenters. The van der Waals surface area contributed by atoms with Crippen molar-refractivity contribution in [1.82, 2.24) is 15.3 Å². The molecule has 8 heteroatoms. The number of aromatic nitrogens is 2. The van der Waals surface area contributed by atoms with E-state index in [0.29, 0.717) is 24.0 Å². The number of hydrogen-bond donors (Lipinski definition) is 2. The summed E-state index contributed by atoms with van der Waals surface area (Å²) in [5.74, 6) is 2.77. The van der Waals surface area contributed by atoms with Gasteiger partial charge in [0.1, 0.15) is 12.1 Å². The lowest BCUT2D eigenvalue weighted by atomic mass is 9.84. The normalized spacial score (nSPS) is 18.5. The number of nitrogens with zero attached hydrogens (tertiary/aromatic N) is 3. The third-order valence-corrected chi connectivity index (χ3v) is 7.19. The molecule has 35 heavy (non-hydrogen) atoms. The van der Waals surface area contributed by atoms with Crippen LogP contribution in [0.2, 0.25) is 0 Å². The summed E-state index contributed by atoms with van der Waals surface area (Å²) < 4.78 is 10.9. The topological polar surface area (TPSA) is 88.6 Å². The van der Waals surface area contributed by atoms with Crippen molar-refractivity contribution in [2.75, 3.05) is 37.5 Å². The number of fused-ring (bicyclic) bond motifs is 1. The standard InChI is InChI=1S/C27H33N5O3/c1-34-24-14-22-23(15-25(24)35-2)28-17-29-26(22)32-13-12-21(16-32)31-27(33)30-20-10-8-19(9-11-20)18-6-4-3-5-7-18/h8-11,14-15,17-18,21H,3-7,12-13,16H2,1-2H3,(H2,30,31,33). The second kappa shape index (κ2) is 10.4.